The minimum atomic E-state index is -3.58. The molecule has 0 spiro atoms. The number of hydrogen-bond acceptors (Lipinski definition) is 4. The van der Waals surface area contributed by atoms with Gasteiger partial charge in [0.2, 0.25) is 0 Å². The van der Waals surface area contributed by atoms with Crippen LogP contribution in [0.15, 0.2) is 34.5 Å². The molecule has 0 radical (unpaired) electrons. The van der Waals surface area contributed by atoms with E-state index < -0.39 is 10.0 Å². The quantitative estimate of drug-likeness (QED) is 0.943. The summed E-state index contributed by atoms with van der Waals surface area (Å²) in [5.41, 5.74) is 1.50. The van der Waals surface area contributed by atoms with Crippen molar-refractivity contribution in [3.63, 3.8) is 0 Å². The lowest BCUT2D eigenvalue weighted by Gasteiger charge is -2.14. The van der Waals surface area contributed by atoms with E-state index in [0.717, 1.165) is 5.69 Å². The zero-order valence-electron chi connectivity index (χ0n) is 12.0. The van der Waals surface area contributed by atoms with E-state index in [1.54, 1.807) is 25.1 Å². The van der Waals surface area contributed by atoms with E-state index in [4.69, 9.17) is 0 Å². The Hall–Kier alpha value is -1.40. The number of rotatable bonds is 3. The molecule has 1 aromatic heterocycles. The van der Waals surface area contributed by atoms with E-state index in [1.807, 2.05) is 32.2 Å². The van der Waals surface area contributed by atoms with Gasteiger partial charge in [-0.3, -0.25) is 4.72 Å². The summed E-state index contributed by atoms with van der Waals surface area (Å²) in [4.78, 5) is 4.63. The van der Waals surface area contributed by atoms with E-state index in [0.29, 0.717) is 10.7 Å². The lowest BCUT2D eigenvalue weighted by atomic mass is 9.93. The minimum absolute atomic E-state index is 0.0944. The Morgan fingerprint density at radius 3 is 2.40 bits per heavy atom. The van der Waals surface area contributed by atoms with Crippen LogP contribution in [-0.4, -0.2) is 13.4 Å². The molecule has 1 N–H and O–H groups in total. The van der Waals surface area contributed by atoms with Crippen LogP contribution in [0.2, 0.25) is 0 Å². The highest BCUT2D eigenvalue weighted by Crippen LogP contribution is 2.28. The second kappa shape index (κ2) is 5.18. The minimum Gasteiger partial charge on any atom is -0.255 e. The fourth-order valence-electron chi connectivity index (χ4n) is 1.69. The van der Waals surface area contributed by atoms with Crippen molar-refractivity contribution >= 4 is 26.5 Å². The first-order valence-electron chi connectivity index (χ1n) is 6.24. The number of nitrogens with zero attached hydrogens (tertiary/aromatic N) is 1. The van der Waals surface area contributed by atoms with E-state index >= 15 is 0 Å². The molecular weight excluding hydrogens is 292 g/mol. The summed E-state index contributed by atoms with van der Waals surface area (Å²) in [7, 11) is -3.58. The molecule has 1 aromatic carbocycles. The highest BCUT2D eigenvalue weighted by atomic mass is 32.2. The van der Waals surface area contributed by atoms with Crippen molar-refractivity contribution in [1.29, 1.82) is 0 Å². The number of nitrogens with one attached hydrogen (secondary N) is 1. The molecule has 0 atom stereocenters. The molecule has 0 fully saturated rings. The van der Waals surface area contributed by atoms with Crippen molar-refractivity contribution in [3.05, 3.63) is 40.9 Å². The summed E-state index contributed by atoms with van der Waals surface area (Å²) in [6, 6.07) is 6.90. The van der Waals surface area contributed by atoms with Gasteiger partial charge in [0.15, 0.2) is 5.13 Å². The van der Waals surface area contributed by atoms with Crippen LogP contribution >= 0.6 is 11.3 Å². The van der Waals surface area contributed by atoms with Gasteiger partial charge < -0.3 is 0 Å². The average Bonchev–Trinajstić information content (AvgIpc) is 2.76. The number of thiazole rings is 1. The first kappa shape index (κ1) is 15.0. The monoisotopic (exact) mass is 310 g/mol. The van der Waals surface area contributed by atoms with Gasteiger partial charge in [0, 0.05) is 10.8 Å². The molecule has 6 heteroatoms. The molecule has 2 aromatic rings. The Kier molecular flexibility index (Phi) is 3.88. The molecule has 2 rings (SSSR count). The predicted octanol–water partition coefficient (Wildman–Crippen LogP) is 3.55. The first-order valence-corrected chi connectivity index (χ1v) is 8.61. The topological polar surface area (TPSA) is 59.1 Å². The van der Waals surface area contributed by atoms with Crippen molar-refractivity contribution in [2.75, 3.05) is 4.72 Å². The maximum atomic E-state index is 12.3. The highest BCUT2D eigenvalue weighted by Gasteiger charge is 2.21. The number of aromatic nitrogens is 1. The normalized spacial score (nSPS) is 12.4. The van der Waals surface area contributed by atoms with Gasteiger partial charge in [-0.2, -0.15) is 0 Å². The number of hydrogen-bond donors (Lipinski definition) is 1. The molecule has 0 unspecified atom stereocenters. The van der Waals surface area contributed by atoms with Gasteiger partial charge in [0.1, 0.15) is 0 Å². The molecule has 0 saturated heterocycles. The van der Waals surface area contributed by atoms with Crippen LogP contribution in [0.3, 0.4) is 0 Å². The van der Waals surface area contributed by atoms with E-state index in [1.165, 1.54) is 11.3 Å². The van der Waals surface area contributed by atoms with Crippen LogP contribution in [0, 0.1) is 6.92 Å². The second-order valence-corrected chi connectivity index (χ2v) is 8.17. The standard InChI is InChI=1S/C14H18N2O2S2/c1-10-7-5-6-8-11(10)20(17,18)16-13-15-12(9-19-13)14(2,3)4/h5-9H,1-4H3,(H,15,16). The third-order valence-corrected chi connectivity index (χ3v) is 5.26. The molecular formula is C14H18N2O2S2. The van der Waals surface area contributed by atoms with Crippen LogP contribution < -0.4 is 4.72 Å². The Morgan fingerprint density at radius 2 is 1.85 bits per heavy atom. The van der Waals surface area contributed by atoms with Gasteiger partial charge in [-0.05, 0) is 18.6 Å². The molecule has 20 heavy (non-hydrogen) atoms. The first-order chi connectivity index (χ1) is 9.20. The Labute approximate surface area is 123 Å². The molecule has 1 heterocycles. The summed E-state index contributed by atoms with van der Waals surface area (Å²) in [6.45, 7) is 7.90. The van der Waals surface area contributed by atoms with Crippen LogP contribution in [0.25, 0.3) is 0 Å². The van der Waals surface area contributed by atoms with Crippen molar-refractivity contribution < 1.29 is 8.42 Å². The predicted molar refractivity (Wildman–Crippen MR) is 82.8 cm³/mol. The number of benzene rings is 1. The smallest absolute Gasteiger partial charge is 0.255 e. The summed E-state index contributed by atoms with van der Waals surface area (Å²) < 4.78 is 27.2. The third-order valence-electron chi connectivity index (χ3n) is 2.88. The molecule has 108 valence electrons. The third kappa shape index (κ3) is 3.19. The van der Waals surface area contributed by atoms with Crippen molar-refractivity contribution in [2.45, 2.75) is 38.0 Å². The lowest BCUT2D eigenvalue weighted by molar-refractivity contribution is 0.573. The molecule has 0 saturated carbocycles. The van der Waals surface area contributed by atoms with Crippen molar-refractivity contribution in [3.8, 4) is 0 Å². The maximum Gasteiger partial charge on any atom is 0.263 e. The Balaban J connectivity index is 2.30. The maximum absolute atomic E-state index is 12.3. The van der Waals surface area contributed by atoms with Crippen LogP contribution in [0.5, 0.6) is 0 Å². The van der Waals surface area contributed by atoms with E-state index in [9.17, 15) is 8.42 Å². The number of aryl methyl sites for hydroxylation is 1. The second-order valence-electron chi connectivity index (χ2n) is 5.66. The largest absolute Gasteiger partial charge is 0.263 e. The van der Waals surface area contributed by atoms with Crippen LogP contribution in [-0.2, 0) is 15.4 Å². The highest BCUT2D eigenvalue weighted by molar-refractivity contribution is 7.93. The van der Waals surface area contributed by atoms with Crippen molar-refractivity contribution in [1.82, 2.24) is 4.98 Å². The van der Waals surface area contributed by atoms with E-state index in [2.05, 4.69) is 9.71 Å². The van der Waals surface area contributed by atoms with Gasteiger partial charge in [0.05, 0.1) is 10.6 Å². The van der Waals surface area contributed by atoms with E-state index in [-0.39, 0.29) is 10.3 Å². The van der Waals surface area contributed by atoms with Gasteiger partial charge in [-0.1, -0.05) is 39.0 Å². The molecule has 0 bridgehead atoms. The molecule has 0 aliphatic rings. The molecule has 0 aliphatic carbocycles. The lowest BCUT2D eigenvalue weighted by Crippen LogP contribution is -2.15. The Morgan fingerprint density at radius 1 is 1.20 bits per heavy atom. The fourth-order valence-corrected chi connectivity index (χ4v) is 4.13. The van der Waals surface area contributed by atoms with Crippen LogP contribution in [0.4, 0.5) is 5.13 Å². The van der Waals surface area contributed by atoms with Crippen LogP contribution in [0.1, 0.15) is 32.0 Å². The zero-order chi connectivity index (χ0) is 15.0. The summed E-state index contributed by atoms with van der Waals surface area (Å²) in [6.07, 6.45) is 0. The van der Waals surface area contributed by atoms with Gasteiger partial charge >= 0.3 is 0 Å². The SMILES string of the molecule is Cc1ccccc1S(=O)(=O)Nc1nc(C(C)(C)C)cs1. The zero-order valence-corrected chi connectivity index (χ0v) is 13.6. The molecule has 0 amide bonds. The summed E-state index contributed by atoms with van der Waals surface area (Å²) >= 11 is 1.30. The Bertz CT molecular complexity index is 713. The average molecular weight is 310 g/mol. The van der Waals surface area contributed by atoms with Gasteiger partial charge in [-0.15, -0.1) is 11.3 Å². The van der Waals surface area contributed by atoms with Gasteiger partial charge in [-0.25, -0.2) is 13.4 Å². The van der Waals surface area contributed by atoms with Gasteiger partial charge in [0.25, 0.3) is 10.0 Å². The number of sulfonamides is 1. The molecule has 4 nitrogen and oxygen atoms in total. The summed E-state index contributed by atoms with van der Waals surface area (Å²) in [5, 5.41) is 2.29. The fraction of sp³-hybridized carbons (Fsp3) is 0.357. The summed E-state index contributed by atoms with van der Waals surface area (Å²) in [5.74, 6) is 0. The number of anilines is 1. The van der Waals surface area contributed by atoms with Crippen molar-refractivity contribution in [2.24, 2.45) is 0 Å². The molecule has 0 aliphatic heterocycles.